The summed E-state index contributed by atoms with van der Waals surface area (Å²) in [6.07, 6.45) is 0.253. The zero-order valence-corrected chi connectivity index (χ0v) is 9.93. The first-order chi connectivity index (χ1) is 8.40. The van der Waals surface area contributed by atoms with Crippen LogP contribution >= 0.6 is 0 Å². The van der Waals surface area contributed by atoms with E-state index in [1.54, 1.807) is 24.3 Å². The number of quaternary nitrogens is 1. The summed E-state index contributed by atoms with van der Waals surface area (Å²) >= 11 is 0. The lowest BCUT2D eigenvalue weighted by Crippen LogP contribution is -2.69. The lowest BCUT2D eigenvalue weighted by atomic mass is 10.1. The maximum absolute atomic E-state index is 11.1. The topological polar surface area (TPSA) is 114 Å². The van der Waals surface area contributed by atoms with Gasteiger partial charge in [-0.2, -0.15) is 0 Å². The van der Waals surface area contributed by atoms with E-state index in [9.17, 15) is 19.5 Å². The molecular weight excluding hydrogens is 236 g/mol. The van der Waals surface area contributed by atoms with Crippen molar-refractivity contribution in [3.8, 4) is 0 Å². The molecule has 0 aliphatic rings. The van der Waals surface area contributed by atoms with Crippen LogP contribution in [-0.2, 0) is 20.8 Å². The summed E-state index contributed by atoms with van der Waals surface area (Å²) < 4.78 is 0. The number of amides is 1. The van der Waals surface area contributed by atoms with Gasteiger partial charge in [0.2, 0.25) is 5.78 Å². The largest absolute Gasteiger partial charge is 0.544 e. The standard InChI is InChI=1S/C12H14N2O4/c1-7(15)11(16)14-9-4-2-8(3-5-9)6-10(13)12(17)18/h2-5,10H,6,13H2,1H3,(H,14,16)(H,17,18)/t10-/m0/s1. The molecule has 0 spiro atoms. The van der Waals surface area contributed by atoms with Gasteiger partial charge in [-0.3, -0.25) is 9.59 Å². The normalized spacial score (nSPS) is 11.7. The van der Waals surface area contributed by atoms with Crippen molar-refractivity contribution in [2.45, 2.75) is 19.4 Å². The molecule has 0 fully saturated rings. The van der Waals surface area contributed by atoms with Crippen molar-refractivity contribution in [1.29, 1.82) is 0 Å². The highest BCUT2D eigenvalue weighted by Crippen LogP contribution is 2.10. The number of anilines is 1. The average molecular weight is 250 g/mol. The molecule has 6 nitrogen and oxygen atoms in total. The number of Topliss-reactive ketones (excluding diaryl/α,β-unsaturated/α-hetero) is 1. The van der Waals surface area contributed by atoms with Gasteiger partial charge in [-0.05, 0) is 17.7 Å². The molecule has 0 saturated carbocycles. The van der Waals surface area contributed by atoms with Crippen LogP contribution in [0.2, 0.25) is 0 Å². The Morgan fingerprint density at radius 2 is 1.83 bits per heavy atom. The predicted octanol–water partition coefficient (Wildman–Crippen LogP) is -1.88. The second kappa shape index (κ2) is 5.92. The summed E-state index contributed by atoms with van der Waals surface area (Å²) in [6, 6.07) is 5.70. The van der Waals surface area contributed by atoms with E-state index >= 15 is 0 Å². The second-order valence-electron chi connectivity index (χ2n) is 3.93. The number of carbonyl (C=O) groups excluding carboxylic acids is 3. The molecule has 0 aromatic heterocycles. The van der Waals surface area contributed by atoms with Crippen molar-refractivity contribution in [3.63, 3.8) is 0 Å². The third-order valence-electron chi connectivity index (χ3n) is 2.35. The van der Waals surface area contributed by atoms with Crippen LogP contribution in [0.5, 0.6) is 0 Å². The number of nitrogens with one attached hydrogen (secondary N) is 1. The summed E-state index contributed by atoms with van der Waals surface area (Å²) in [7, 11) is 0. The van der Waals surface area contributed by atoms with Crippen LogP contribution in [0.3, 0.4) is 0 Å². The van der Waals surface area contributed by atoms with Crippen LogP contribution in [0.15, 0.2) is 24.3 Å². The number of carboxylic acids is 1. The van der Waals surface area contributed by atoms with E-state index < -0.39 is 23.7 Å². The molecule has 6 heteroatoms. The maximum atomic E-state index is 11.1. The number of ketones is 1. The average Bonchev–Trinajstić information content (AvgIpc) is 2.31. The Morgan fingerprint density at radius 1 is 1.28 bits per heavy atom. The zero-order valence-electron chi connectivity index (χ0n) is 9.93. The molecule has 1 rings (SSSR count). The van der Waals surface area contributed by atoms with E-state index in [-0.39, 0.29) is 6.42 Å². The maximum Gasteiger partial charge on any atom is 0.291 e. The Morgan fingerprint density at radius 3 is 2.28 bits per heavy atom. The van der Waals surface area contributed by atoms with Gasteiger partial charge in [-0.1, -0.05) is 12.1 Å². The van der Waals surface area contributed by atoms with Crippen LogP contribution < -0.4 is 16.2 Å². The van der Waals surface area contributed by atoms with Gasteiger partial charge in [-0.25, -0.2) is 0 Å². The van der Waals surface area contributed by atoms with Gasteiger partial charge in [-0.15, -0.1) is 0 Å². The summed E-state index contributed by atoms with van der Waals surface area (Å²) in [5, 5.41) is 12.9. The fourth-order valence-corrected chi connectivity index (χ4v) is 1.31. The van der Waals surface area contributed by atoms with Gasteiger partial charge >= 0.3 is 0 Å². The minimum Gasteiger partial charge on any atom is -0.544 e. The van der Waals surface area contributed by atoms with Crippen LogP contribution in [0.1, 0.15) is 12.5 Å². The molecule has 0 aliphatic carbocycles. The van der Waals surface area contributed by atoms with Gasteiger partial charge in [0.1, 0.15) is 6.04 Å². The highest BCUT2D eigenvalue weighted by molar-refractivity contribution is 6.39. The Hall–Kier alpha value is -2.21. The number of benzene rings is 1. The van der Waals surface area contributed by atoms with Crippen molar-refractivity contribution in [3.05, 3.63) is 29.8 Å². The van der Waals surface area contributed by atoms with E-state index in [0.717, 1.165) is 5.56 Å². The van der Waals surface area contributed by atoms with Crippen LogP contribution in [-0.4, -0.2) is 23.7 Å². The van der Waals surface area contributed by atoms with Crippen LogP contribution in [0, 0.1) is 0 Å². The number of carbonyl (C=O) groups is 3. The molecule has 0 heterocycles. The van der Waals surface area contributed by atoms with Crippen molar-refractivity contribution < 1.29 is 25.2 Å². The molecular formula is C12H14N2O4. The summed E-state index contributed by atoms with van der Waals surface area (Å²) in [4.78, 5) is 32.4. The predicted molar refractivity (Wildman–Crippen MR) is 61.1 cm³/mol. The number of hydrogen-bond acceptors (Lipinski definition) is 4. The quantitative estimate of drug-likeness (QED) is 0.595. The first-order valence-electron chi connectivity index (χ1n) is 5.35. The number of carboxylic acid groups (broad SMARTS) is 1. The van der Waals surface area contributed by atoms with E-state index in [2.05, 4.69) is 11.1 Å². The Bertz CT molecular complexity index is 467. The van der Waals surface area contributed by atoms with E-state index in [1.807, 2.05) is 0 Å². The lowest BCUT2D eigenvalue weighted by Gasteiger charge is -2.10. The number of rotatable bonds is 5. The van der Waals surface area contributed by atoms with Gasteiger partial charge in [0.25, 0.3) is 5.91 Å². The molecule has 0 unspecified atom stereocenters. The van der Waals surface area contributed by atoms with Gasteiger partial charge < -0.3 is 21.0 Å². The highest BCUT2D eigenvalue weighted by Gasteiger charge is 2.10. The molecule has 4 N–H and O–H groups in total. The molecule has 18 heavy (non-hydrogen) atoms. The molecule has 0 radical (unpaired) electrons. The highest BCUT2D eigenvalue weighted by atomic mass is 16.4. The fraction of sp³-hybridized carbons (Fsp3) is 0.250. The zero-order chi connectivity index (χ0) is 13.7. The van der Waals surface area contributed by atoms with Gasteiger partial charge in [0, 0.05) is 19.0 Å². The van der Waals surface area contributed by atoms with E-state index in [4.69, 9.17) is 0 Å². The smallest absolute Gasteiger partial charge is 0.291 e. The van der Waals surface area contributed by atoms with Crippen molar-refractivity contribution in [2.75, 3.05) is 5.32 Å². The third kappa shape index (κ3) is 3.99. The summed E-state index contributed by atoms with van der Waals surface area (Å²) in [5.74, 6) is -2.47. The Labute approximate surface area is 104 Å². The Balaban J connectivity index is 2.66. The lowest BCUT2D eigenvalue weighted by molar-refractivity contribution is -0.437. The van der Waals surface area contributed by atoms with Gasteiger partial charge in [0.15, 0.2) is 0 Å². The van der Waals surface area contributed by atoms with E-state index in [1.165, 1.54) is 6.92 Å². The molecule has 96 valence electrons. The monoisotopic (exact) mass is 250 g/mol. The molecule has 1 amide bonds. The van der Waals surface area contributed by atoms with Crippen LogP contribution in [0.25, 0.3) is 0 Å². The van der Waals surface area contributed by atoms with Gasteiger partial charge in [0.05, 0.1) is 5.97 Å². The molecule has 1 aromatic rings. The molecule has 1 aromatic carbocycles. The minimum atomic E-state index is -1.20. The molecule has 0 saturated heterocycles. The summed E-state index contributed by atoms with van der Waals surface area (Å²) in [6.45, 7) is 1.18. The van der Waals surface area contributed by atoms with Crippen LogP contribution in [0.4, 0.5) is 5.69 Å². The summed E-state index contributed by atoms with van der Waals surface area (Å²) in [5.41, 5.74) is 4.69. The van der Waals surface area contributed by atoms with Crippen molar-refractivity contribution >= 4 is 23.3 Å². The fourth-order valence-electron chi connectivity index (χ4n) is 1.31. The van der Waals surface area contributed by atoms with E-state index in [0.29, 0.717) is 5.69 Å². The first kappa shape index (κ1) is 13.9. The Kier molecular flexibility index (Phi) is 4.56. The van der Waals surface area contributed by atoms with Crippen molar-refractivity contribution in [1.82, 2.24) is 0 Å². The SMILES string of the molecule is CC(=O)C(=O)Nc1ccc(C[C@H]([NH3+])C(=O)[O-])cc1. The van der Waals surface area contributed by atoms with Crippen molar-refractivity contribution in [2.24, 2.45) is 0 Å². The second-order valence-corrected chi connectivity index (χ2v) is 3.93. The minimum absolute atomic E-state index is 0.253. The molecule has 0 aliphatic heterocycles. The molecule has 1 atom stereocenters. The molecule has 0 bridgehead atoms. The first-order valence-corrected chi connectivity index (χ1v) is 5.35. The third-order valence-corrected chi connectivity index (χ3v) is 2.35. The number of hydrogen-bond donors (Lipinski definition) is 2. The number of aliphatic carboxylic acids is 1.